The fourth-order valence-corrected chi connectivity index (χ4v) is 3.71. The predicted octanol–water partition coefficient (Wildman–Crippen LogP) is 2.52. The summed E-state index contributed by atoms with van der Waals surface area (Å²) < 4.78 is 0. The fraction of sp³-hybridized carbons (Fsp3) is 0.360. The minimum atomic E-state index is -0.763. The summed E-state index contributed by atoms with van der Waals surface area (Å²) in [5.41, 5.74) is 15.9. The third-order valence-electron chi connectivity index (χ3n) is 5.45. The van der Waals surface area contributed by atoms with E-state index in [-0.39, 0.29) is 17.7 Å². The Kier molecular flexibility index (Phi) is 8.46. The maximum atomic E-state index is 13.2. The molecular weight excluding hydrogens is 416 g/mol. The number of nitrogens with zero attached hydrogens (tertiary/aromatic N) is 2. The van der Waals surface area contributed by atoms with Gasteiger partial charge in [-0.25, -0.2) is 0 Å². The van der Waals surface area contributed by atoms with Crippen molar-refractivity contribution in [2.24, 2.45) is 17.4 Å². The van der Waals surface area contributed by atoms with Crippen LogP contribution in [0, 0.1) is 5.92 Å². The number of pyridine rings is 2. The van der Waals surface area contributed by atoms with Crippen molar-refractivity contribution in [3.63, 3.8) is 0 Å². The lowest BCUT2D eigenvalue weighted by Gasteiger charge is -2.22. The number of amides is 2. The molecule has 0 aliphatic heterocycles. The van der Waals surface area contributed by atoms with Crippen LogP contribution in [0.4, 0.5) is 5.69 Å². The molecule has 0 saturated carbocycles. The van der Waals surface area contributed by atoms with E-state index >= 15 is 0 Å². The zero-order valence-electron chi connectivity index (χ0n) is 19.1. The summed E-state index contributed by atoms with van der Waals surface area (Å²) in [6, 6.07) is 11.8. The van der Waals surface area contributed by atoms with Crippen LogP contribution in [0.1, 0.15) is 37.8 Å². The largest absolute Gasteiger partial charge is 0.343 e. The molecule has 1 aromatic carbocycles. The highest BCUT2D eigenvalue weighted by atomic mass is 16.2. The molecule has 0 aliphatic rings. The maximum Gasteiger partial charge on any atom is 0.247 e. The van der Waals surface area contributed by atoms with E-state index in [1.54, 1.807) is 24.5 Å². The number of aryl methyl sites for hydroxylation is 1. The van der Waals surface area contributed by atoms with Crippen molar-refractivity contribution in [2.75, 3.05) is 5.32 Å². The van der Waals surface area contributed by atoms with Gasteiger partial charge in [-0.2, -0.15) is 0 Å². The summed E-state index contributed by atoms with van der Waals surface area (Å²) in [5.74, 6) is -0.401. The first kappa shape index (κ1) is 24.3. The first-order valence-corrected chi connectivity index (χ1v) is 11.2. The van der Waals surface area contributed by atoms with Gasteiger partial charge in [0, 0.05) is 12.7 Å². The monoisotopic (exact) mass is 448 g/mol. The zero-order valence-corrected chi connectivity index (χ0v) is 19.1. The van der Waals surface area contributed by atoms with E-state index in [2.05, 4.69) is 20.6 Å². The molecule has 0 bridgehead atoms. The standard InChI is InChI=1S/C25H32N6O2/c1-16(2)12-20(27)24(32)31-22(10-9-17-6-3-4-7-18(17)14-26)25(33)30-19-13-23-21(29-15-19)8-5-11-28-23/h3-8,11,13,15-16,20,22H,9-10,12,14,26-27H2,1-2H3,(H,30,33)(H,31,32). The predicted molar refractivity (Wildman–Crippen MR) is 130 cm³/mol. The highest BCUT2D eigenvalue weighted by Gasteiger charge is 2.24. The Balaban J connectivity index is 1.76. The van der Waals surface area contributed by atoms with Crippen LogP contribution < -0.4 is 22.1 Å². The second kappa shape index (κ2) is 11.5. The Bertz CT molecular complexity index is 1100. The number of nitrogens with two attached hydrogens (primary N) is 2. The van der Waals surface area contributed by atoms with Gasteiger partial charge < -0.3 is 22.1 Å². The summed E-state index contributed by atoms with van der Waals surface area (Å²) in [7, 11) is 0. The number of hydrogen-bond donors (Lipinski definition) is 4. The molecule has 33 heavy (non-hydrogen) atoms. The smallest absolute Gasteiger partial charge is 0.247 e. The van der Waals surface area contributed by atoms with Gasteiger partial charge in [0.1, 0.15) is 6.04 Å². The van der Waals surface area contributed by atoms with Gasteiger partial charge in [0.05, 0.1) is 29.0 Å². The van der Waals surface area contributed by atoms with Crippen molar-refractivity contribution in [3.8, 4) is 0 Å². The number of anilines is 1. The molecule has 6 N–H and O–H groups in total. The van der Waals surface area contributed by atoms with Gasteiger partial charge >= 0.3 is 0 Å². The van der Waals surface area contributed by atoms with E-state index < -0.39 is 12.1 Å². The zero-order chi connectivity index (χ0) is 23.8. The Morgan fingerprint density at radius 2 is 1.76 bits per heavy atom. The average Bonchev–Trinajstić information content (AvgIpc) is 2.81. The Morgan fingerprint density at radius 3 is 2.48 bits per heavy atom. The number of rotatable bonds is 10. The van der Waals surface area contributed by atoms with Crippen LogP contribution >= 0.6 is 0 Å². The molecule has 2 amide bonds. The van der Waals surface area contributed by atoms with E-state index in [0.29, 0.717) is 37.0 Å². The number of hydrogen-bond acceptors (Lipinski definition) is 6. The van der Waals surface area contributed by atoms with Crippen molar-refractivity contribution < 1.29 is 9.59 Å². The Hall–Kier alpha value is -3.36. The minimum absolute atomic E-state index is 0.269. The molecule has 0 radical (unpaired) electrons. The molecule has 2 atom stereocenters. The number of aromatic nitrogens is 2. The van der Waals surface area contributed by atoms with Gasteiger partial charge in [0.15, 0.2) is 0 Å². The van der Waals surface area contributed by atoms with Crippen molar-refractivity contribution >= 4 is 28.5 Å². The van der Waals surface area contributed by atoms with Gasteiger partial charge in [-0.15, -0.1) is 0 Å². The molecule has 2 aromatic heterocycles. The van der Waals surface area contributed by atoms with Crippen LogP contribution in [0.15, 0.2) is 54.9 Å². The summed E-state index contributed by atoms with van der Waals surface area (Å²) in [4.78, 5) is 34.5. The lowest BCUT2D eigenvalue weighted by Crippen LogP contribution is -2.50. The van der Waals surface area contributed by atoms with E-state index in [4.69, 9.17) is 11.5 Å². The topological polar surface area (TPSA) is 136 Å². The normalized spacial score (nSPS) is 13.0. The lowest BCUT2D eigenvalue weighted by molar-refractivity contribution is -0.127. The number of nitrogens with one attached hydrogen (secondary N) is 2. The molecule has 2 heterocycles. The van der Waals surface area contributed by atoms with E-state index in [1.165, 1.54) is 0 Å². The highest BCUT2D eigenvalue weighted by molar-refractivity contribution is 5.98. The van der Waals surface area contributed by atoms with Crippen molar-refractivity contribution in [1.82, 2.24) is 15.3 Å². The van der Waals surface area contributed by atoms with Crippen molar-refractivity contribution in [3.05, 3.63) is 66.0 Å². The lowest BCUT2D eigenvalue weighted by atomic mass is 9.99. The third kappa shape index (κ3) is 6.81. The number of fused-ring (bicyclic) bond motifs is 1. The quantitative estimate of drug-likeness (QED) is 0.376. The second-order valence-electron chi connectivity index (χ2n) is 8.56. The molecule has 8 heteroatoms. The van der Waals surface area contributed by atoms with Crippen LogP contribution in [0.25, 0.3) is 11.0 Å². The minimum Gasteiger partial charge on any atom is -0.343 e. The highest BCUT2D eigenvalue weighted by Crippen LogP contribution is 2.16. The fourth-order valence-electron chi connectivity index (χ4n) is 3.71. The van der Waals surface area contributed by atoms with Crippen LogP contribution in [0.2, 0.25) is 0 Å². The molecule has 2 unspecified atom stereocenters. The van der Waals surface area contributed by atoms with Gasteiger partial charge in [0.2, 0.25) is 11.8 Å². The number of carbonyl (C=O) groups excluding carboxylic acids is 2. The molecule has 3 aromatic rings. The molecular formula is C25H32N6O2. The van der Waals surface area contributed by atoms with E-state index in [9.17, 15) is 9.59 Å². The molecule has 8 nitrogen and oxygen atoms in total. The summed E-state index contributed by atoms with van der Waals surface area (Å²) in [6.45, 7) is 4.41. The molecule has 3 rings (SSSR count). The van der Waals surface area contributed by atoms with Gasteiger partial charge in [0.25, 0.3) is 0 Å². The maximum absolute atomic E-state index is 13.2. The SMILES string of the molecule is CC(C)CC(N)C(=O)NC(CCc1ccccc1CN)C(=O)Nc1cnc2cccnc2c1. The van der Waals surface area contributed by atoms with Gasteiger partial charge in [-0.1, -0.05) is 38.1 Å². The first-order chi connectivity index (χ1) is 15.9. The van der Waals surface area contributed by atoms with Crippen LogP contribution in [-0.2, 0) is 22.6 Å². The van der Waals surface area contributed by atoms with Gasteiger partial charge in [-0.3, -0.25) is 19.6 Å². The van der Waals surface area contributed by atoms with Crippen molar-refractivity contribution in [2.45, 2.75) is 51.7 Å². The first-order valence-electron chi connectivity index (χ1n) is 11.2. The molecule has 0 fully saturated rings. The average molecular weight is 449 g/mol. The summed E-state index contributed by atoms with van der Waals surface area (Å²) in [6.07, 6.45) is 4.78. The Morgan fingerprint density at radius 1 is 1.00 bits per heavy atom. The Labute approximate surface area is 194 Å². The van der Waals surface area contributed by atoms with Crippen LogP contribution in [-0.4, -0.2) is 33.9 Å². The van der Waals surface area contributed by atoms with Crippen LogP contribution in [0.3, 0.4) is 0 Å². The molecule has 0 aliphatic carbocycles. The van der Waals surface area contributed by atoms with E-state index in [0.717, 1.165) is 16.6 Å². The molecule has 174 valence electrons. The summed E-state index contributed by atoms with van der Waals surface area (Å²) in [5, 5.41) is 5.71. The van der Waals surface area contributed by atoms with E-state index in [1.807, 2.05) is 44.2 Å². The number of benzene rings is 1. The summed E-state index contributed by atoms with van der Waals surface area (Å²) >= 11 is 0. The van der Waals surface area contributed by atoms with Crippen molar-refractivity contribution in [1.29, 1.82) is 0 Å². The molecule has 0 saturated heterocycles. The third-order valence-corrected chi connectivity index (χ3v) is 5.45. The molecule has 0 spiro atoms. The van der Waals surface area contributed by atoms with Crippen LogP contribution in [0.5, 0.6) is 0 Å². The number of carbonyl (C=O) groups is 2. The van der Waals surface area contributed by atoms with Gasteiger partial charge in [-0.05, 0) is 54.5 Å². The second-order valence-corrected chi connectivity index (χ2v) is 8.56.